The summed E-state index contributed by atoms with van der Waals surface area (Å²) in [6.45, 7) is -0.287. The maximum absolute atomic E-state index is 11.5. The normalized spacial score (nSPS) is 14.1. The van der Waals surface area contributed by atoms with Crippen molar-refractivity contribution in [2.75, 3.05) is 6.61 Å². The summed E-state index contributed by atoms with van der Waals surface area (Å²) in [5.74, 6) is -0.922. The predicted molar refractivity (Wildman–Crippen MR) is 59.6 cm³/mol. The average molecular weight is 235 g/mol. The lowest BCUT2D eigenvalue weighted by atomic mass is 10.2. The van der Waals surface area contributed by atoms with Crippen LogP contribution in [0.15, 0.2) is 24.3 Å². The number of amides is 1. The van der Waals surface area contributed by atoms with E-state index in [0.29, 0.717) is 0 Å². The minimum absolute atomic E-state index is 0.0121. The van der Waals surface area contributed by atoms with E-state index in [-0.39, 0.29) is 29.9 Å². The van der Waals surface area contributed by atoms with Gasteiger partial charge in [0.2, 0.25) is 0 Å². The number of hydrogen-bond acceptors (Lipinski definition) is 4. The number of ether oxygens (including phenoxy) is 1. The number of esters is 1. The van der Waals surface area contributed by atoms with Crippen LogP contribution in [0.2, 0.25) is 0 Å². The van der Waals surface area contributed by atoms with Gasteiger partial charge in [-0.2, -0.15) is 0 Å². The maximum atomic E-state index is 11.5. The summed E-state index contributed by atoms with van der Waals surface area (Å²) in [4.78, 5) is 22.7. The molecule has 0 unspecified atom stereocenters. The molecule has 0 heterocycles. The van der Waals surface area contributed by atoms with Gasteiger partial charge in [0.15, 0.2) is 6.61 Å². The highest BCUT2D eigenvalue weighted by molar-refractivity contribution is 5.91. The van der Waals surface area contributed by atoms with Crippen LogP contribution in [0.5, 0.6) is 5.75 Å². The van der Waals surface area contributed by atoms with Gasteiger partial charge in [-0.05, 0) is 31.0 Å². The first-order valence-corrected chi connectivity index (χ1v) is 5.40. The van der Waals surface area contributed by atoms with Crippen LogP contribution in [0.1, 0.15) is 23.2 Å². The van der Waals surface area contributed by atoms with Gasteiger partial charge in [0, 0.05) is 6.04 Å². The van der Waals surface area contributed by atoms with E-state index >= 15 is 0 Å². The molecule has 2 rings (SSSR count). The van der Waals surface area contributed by atoms with E-state index in [1.807, 2.05) is 0 Å². The van der Waals surface area contributed by atoms with Gasteiger partial charge in [0.05, 0.1) is 5.56 Å². The molecule has 1 aromatic carbocycles. The van der Waals surface area contributed by atoms with Gasteiger partial charge < -0.3 is 15.2 Å². The smallest absolute Gasteiger partial charge is 0.338 e. The summed E-state index contributed by atoms with van der Waals surface area (Å²) in [6.07, 6.45) is 1.98. The first-order valence-electron chi connectivity index (χ1n) is 5.40. The van der Waals surface area contributed by atoms with Crippen LogP contribution in [0.4, 0.5) is 0 Å². The Hall–Kier alpha value is -2.04. The number of hydrogen-bond donors (Lipinski definition) is 2. The molecule has 2 N–H and O–H groups in total. The second kappa shape index (κ2) is 4.86. The van der Waals surface area contributed by atoms with E-state index in [0.717, 1.165) is 12.8 Å². The van der Waals surface area contributed by atoms with E-state index in [4.69, 9.17) is 4.74 Å². The highest BCUT2D eigenvalue weighted by Crippen LogP contribution is 2.18. The fourth-order valence-electron chi connectivity index (χ4n) is 1.34. The Bertz CT molecular complexity index is 440. The quantitative estimate of drug-likeness (QED) is 0.758. The molecular formula is C12H13NO4. The monoisotopic (exact) mass is 235 g/mol. The Balaban J connectivity index is 1.82. The van der Waals surface area contributed by atoms with Gasteiger partial charge in [0.1, 0.15) is 5.75 Å². The van der Waals surface area contributed by atoms with Crippen molar-refractivity contribution >= 4 is 11.9 Å². The molecule has 17 heavy (non-hydrogen) atoms. The molecule has 5 heteroatoms. The minimum atomic E-state index is -0.619. The molecule has 1 aliphatic carbocycles. The summed E-state index contributed by atoms with van der Waals surface area (Å²) in [5.41, 5.74) is 0.226. The van der Waals surface area contributed by atoms with E-state index in [1.165, 1.54) is 24.3 Å². The molecule has 0 saturated heterocycles. The van der Waals surface area contributed by atoms with Crippen molar-refractivity contribution in [1.82, 2.24) is 5.32 Å². The molecule has 1 amide bonds. The van der Waals surface area contributed by atoms with Crippen molar-refractivity contribution in [3.63, 3.8) is 0 Å². The average Bonchev–Trinajstić information content (AvgIpc) is 3.10. The minimum Gasteiger partial charge on any atom is -0.508 e. The third kappa shape index (κ3) is 3.48. The molecule has 1 aromatic rings. The lowest BCUT2D eigenvalue weighted by molar-refractivity contribution is -0.124. The van der Waals surface area contributed by atoms with Crippen molar-refractivity contribution < 1.29 is 19.4 Å². The van der Waals surface area contributed by atoms with Crippen LogP contribution < -0.4 is 5.32 Å². The SMILES string of the molecule is O=C(COC(=O)c1cccc(O)c1)NC1CC1. The van der Waals surface area contributed by atoms with Crippen molar-refractivity contribution in [3.05, 3.63) is 29.8 Å². The van der Waals surface area contributed by atoms with Gasteiger partial charge >= 0.3 is 5.97 Å². The van der Waals surface area contributed by atoms with E-state index in [2.05, 4.69) is 5.32 Å². The summed E-state index contributed by atoms with van der Waals surface area (Å²) >= 11 is 0. The summed E-state index contributed by atoms with van der Waals surface area (Å²) < 4.78 is 4.81. The molecule has 1 aliphatic rings. The first kappa shape index (κ1) is 11.4. The molecule has 0 radical (unpaired) electrons. The first-order chi connectivity index (χ1) is 8.15. The maximum Gasteiger partial charge on any atom is 0.338 e. The molecule has 0 aliphatic heterocycles. The van der Waals surface area contributed by atoms with Crippen molar-refractivity contribution in [2.24, 2.45) is 0 Å². The Labute approximate surface area is 98.4 Å². The zero-order valence-electron chi connectivity index (χ0n) is 9.18. The highest BCUT2D eigenvalue weighted by Gasteiger charge is 2.23. The van der Waals surface area contributed by atoms with E-state index in [9.17, 15) is 14.7 Å². The lowest BCUT2D eigenvalue weighted by Crippen LogP contribution is -2.30. The van der Waals surface area contributed by atoms with Crippen LogP contribution in [0.25, 0.3) is 0 Å². The number of carbonyl (C=O) groups excluding carboxylic acids is 2. The van der Waals surface area contributed by atoms with Gasteiger partial charge in [0.25, 0.3) is 5.91 Å². The summed E-state index contributed by atoms with van der Waals surface area (Å²) in [6, 6.07) is 6.05. The van der Waals surface area contributed by atoms with Gasteiger partial charge in [-0.25, -0.2) is 4.79 Å². The Morgan fingerprint density at radius 3 is 2.82 bits per heavy atom. The molecule has 0 spiro atoms. The molecule has 90 valence electrons. The van der Waals surface area contributed by atoms with Crippen molar-refractivity contribution in [3.8, 4) is 5.75 Å². The second-order valence-electron chi connectivity index (χ2n) is 3.97. The Morgan fingerprint density at radius 2 is 2.18 bits per heavy atom. The van der Waals surface area contributed by atoms with Crippen LogP contribution in [0.3, 0.4) is 0 Å². The van der Waals surface area contributed by atoms with Crippen LogP contribution in [-0.4, -0.2) is 29.6 Å². The number of benzene rings is 1. The van der Waals surface area contributed by atoms with Crippen LogP contribution in [0, 0.1) is 0 Å². The zero-order valence-corrected chi connectivity index (χ0v) is 9.18. The van der Waals surface area contributed by atoms with E-state index < -0.39 is 5.97 Å². The van der Waals surface area contributed by atoms with E-state index in [1.54, 1.807) is 0 Å². The van der Waals surface area contributed by atoms with Gasteiger partial charge in [-0.15, -0.1) is 0 Å². The highest BCUT2D eigenvalue weighted by atomic mass is 16.5. The topological polar surface area (TPSA) is 75.6 Å². The lowest BCUT2D eigenvalue weighted by Gasteiger charge is -2.05. The fourth-order valence-corrected chi connectivity index (χ4v) is 1.34. The molecule has 5 nitrogen and oxygen atoms in total. The number of aromatic hydroxyl groups is 1. The molecule has 1 saturated carbocycles. The Morgan fingerprint density at radius 1 is 1.41 bits per heavy atom. The molecule has 0 aromatic heterocycles. The summed E-state index contributed by atoms with van der Waals surface area (Å²) in [7, 11) is 0. The standard InChI is InChI=1S/C12H13NO4/c14-10-3-1-2-8(6-10)12(16)17-7-11(15)13-9-4-5-9/h1-3,6,9,14H,4-5,7H2,(H,13,15). The third-order valence-corrected chi connectivity index (χ3v) is 2.36. The number of rotatable bonds is 4. The Kier molecular flexibility index (Phi) is 3.27. The molecule has 1 fully saturated rings. The van der Waals surface area contributed by atoms with Gasteiger partial charge in [-0.1, -0.05) is 6.07 Å². The number of phenolic OH excluding ortho intramolecular Hbond substituents is 1. The zero-order chi connectivity index (χ0) is 12.3. The molecule has 0 atom stereocenters. The van der Waals surface area contributed by atoms with Crippen molar-refractivity contribution in [1.29, 1.82) is 0 Å². The predicted octanol–water partition coefficient (Wildman–Crippen LogP) is 0.828. The summed E-state index contributed by atoms with van der Waals surface area (Å²) in [5, 5.41) is 11.9. The second-order valence-corrected chi connectivity index (χ2v) is 3.97. The fraction of sp³-hybridized carbons (Fsp3) is 0.333. The largest absolute Gasteiger partial charge is 0.508 e. The van der Waals surface area contributed by atoms with Crippen LogP contribution in [-0.2, 0) is 9.53 Å². The number of carbonyl (C=O) groups is 2. The third-order valence-electron chi connectivity index (χ3n) is 2.36. The number of nitrogens with one attached hydrogen (secondary N) is 1. The van der Waals surface area contributed by atoms with Gasteiger partial charge in [-0.3, -0.25) is 4.79 Å². The molecule has 0 bridgehead atoms. The molecular weight excluding hydrogens is 222 g/mol. The van der Waals surface area contributed by atoms with Crippen LogP contribution >= 0.6 is 0 Å². The van der Waals surface area contributed by atoms with Crippen molar-refractivity contribution in [2.45, 2.75) is 18.9 Å². The number of phenols is 1.